The van der Waals surface area contributed by atoms with Crippen LogP contribution >= 0.6 is 15.9 Å². The predicted molar refractivity (Wildman–Crippen MR) is 92.7 cm³/mol. The number of Topliss-reactive ketones (excluding diaryl/α,β-unsaturated/α-hetero) is 1. The lowest BCUT2D eigenvalue weighted by Gasteiger charge is -2.13. The maximum Gasteiger partial charge on any atom is 0.339 e. The van der Waals surface area contributed by atoms with E-state index in [0.717, 1.165) is 7.11 Å². The zero-order chi connectivity index (χ0) is 17.9. The van der Waals surface area contributed by atoms with Gasteiger partial charge in [0.05, 0.1) is 18.4 Å². The topological polar surface area (TPSA) is 89.5 Å². The molecule has 0 aromatic heterocycles. The number of esters is 1. The van der Waals surface area contributed by atoms with Crippen LogP contribution in [0, 0.1) is 0 Å². The molecule has 0 bridgehead atoms. The summed E-state index contributed by atoms with van der Waals surface area (Å²) in [5, 5.41) is 0. The number of hydrogen-bond donors (Lipinski definition) is 1. The zero-order valence-corrected chi connectivity index (χ0v) is 15.3. The third-order valence-electron chi connectivity index (χ3n) is 3.19. The summed E-state index contributed by atoms with van der Waals surface area (Å²) in [5.74, 6) is -1.06. The number of carbonyl (C=O) groups excluding carboxylic acids is 2. The Bertz CT molecular complexity index is 908. The van der Waals surface area contributed by atoms with Gasteiger partial charge in [-0.05, 0) is 37.3 Å². The number of ketones is 1. The first-order valence-corrected chi connectivity index (χ1v) is 9.04. The molecule has 1 N–H and O–H groups in total. The van der Waals surface area contributed by atoms with Crippen LogP contribution in [0.2, 0.25) is 0 Å². The molecule has 0 radical (unpaired) electrons. The maximum atomic E-state index is 12.7. The van der Waals surface area contributed by atoms with Gasteiger partial charge in [0.15, 0.2) is 5.78 Å². The van der Waals surface area contributed by atoms with Gasteiger partial charge in [-0.3, -0.25) is 9.52 Å². The molecule has 0 spiro atoms. The molecule has 6 nitrogen and oxygen atoms in total. The van der Waals surface area contributed by atoms with Gasteiger partial charge >= 0.3 is 5.97 Å². The third-order valence-corrected chi connectivity index (χ3v) is 5.10. The molecule has 0 heterocycles. The van der Waals surface area contributed by atoms with Gasteiger partial charge in [0.1, 0.15) is 4.90 Å². The standard InChI is InChI=1S/C16H14BrNO5S/c1-10(19)12-5-3-4-6-14(12)18-24(21,22)15-8-7-11(17)9-13(15)16(20)23-2/h3-9,18H,1-2H3. The van der Waals surface area contributed by atoms with Gasteiger partial charge in [-0.25, -0.2) is 13.2 Å². The minimum atomic E-state index is -4.10. The number of halogens is 1. The van der Waals surface area contributed by atoms with Crippen molar-refractivity contribution >= 4 is 43.4 Å². The molecule has 0 unspecified atom stereocenters. The highest BCUT2D eigenvalue weighted by molar-refractivity contribution is 9.10. The molecule has 0 aliphatic carbocycles. The van der Waals surface area contributed by atoms with Crippen molar-refractivity contribution in [3.63, 3.8) is 0 Å². The minimum absolute atomic E-state index is 0.111. The highest BCUT2D eigenvalue weighted by Crippen LogP contribution is 2.25. The lowest BCUT2D eigenvalue weighted by Crippen LogP contribution is -2.19. The van der Waals surface area contributed by atoms with E-state index in [9.17, 15) is 18.0 Å². The van der Waals surface area contributed by atoms with Crippen LogP contribution in [0.1, 0.15) is 27.6 Å². The molecule has 0 aliphatic heterocycles. The number of rotatable bonds is 5. The third kappa shape index (κ3) is 3.82. The van der Waals surface area contributed by atoms with Crippen LogP contribution in [0.25, 0.3) is 0 Å². The first-order valence-electron chi connectivity index (χ1n) is 6.77. The van der Waals surface area contributed by atoms with E-state index in [4.69, 9.17) is 0 Å². The SMILES string of the molecule is COC(=O)c1cc(Br)ccc1S(=O)(=O)Nc1ccccc1C(C)=O. The van der Waals surface area contributed by atoms with E-state index in [1.807, 2.05) is 0 Å². The highest BCUT2D eigenvalue weighted by Gasteiger charge is 2.24. The Kier molecular flexibility index (Phi) is 5.40. The molecule has 0 fully saturated rings. The maximum absolute atomic E-state index is 12.7. The number of nitrogens with one attached hydrogen (secondary N) is 1. The summed E-state index contributed by atoms with van der Waals surface area (Å²) in [6.07, 6.45) is 0. The fraction of sp³-hybridized carbons (Fsp3) is 0.125. The molecular weight excluding hydrogens is 398 g/mol. The summed E-state index contributed by atoms with van der Waals surface area (Å²) in [6, 6.07) is 10.4. The van der Waals surface area contributed by atoms with E-state index < -0.39 is 16.0 Å². The second-order valence-corrected chi connectivity index (χ2v) is 7.41. The normalized spacial score (nSPS) is 11.0. The van der Waals surface area contributed by atoms with Crippen LogP contribution in [0.15, 0.2) is 51.8 Å². The van der Waals surface area contributed by atoms with Crippen molar-refractivity contribution in [2.75, 3.05) is 11.8 Å². The van der Waals surface area contributed by atoms with Crippen LogP contribution in [-0.4, -0.2) is 27.3 Å². The Labute approximate surface area is 148 Å². The Hall–Kier alpha value is -2.19. The summed E-state index contributed by atoms with van der Waals surface area (Å²) < 4.78 is 32.9. The molecule has 0 aliphatic rings. The Morgan fingerprint density at radius 1 is 1.08 bits per heavy atom. The minimum Gasteiger partial charge on any atom is -0.465 e. The van der Waals surface area contributed by atoms with Crippen LogP contribution in [0.5, 0.6) is 0 Å². The van der Waals surface area contributed by atoms with Crippen molar-refractivity contribution in [3.8, 4) is 0 Å². The van der Waals surface area contributed by atoms with Gasteiger partial charge in [-0.15, -0.1) is 0 Å². The predicted octanol–water partition coefficient (Wildman–Crippen LogP) is 3.24. The van der Waals surface area contributed by atoms with Crippen molar-refractivity contribution in [2.24, 2.45) is 0 Å². The number of ether oxygens (including phenoxy) is 1. The van der Waals surface area contributed by atoms with Gasteiger partial charge in [0, 0.05) is 10.0 Å². The molecule has 126 valence electrons. The molecule has 2 rings (SSSR count). The number of hydrogen-bond acceptors (Lipinski definition) is 5. The molecule has 2 aromatic carbocycles. The lowest BCUT2D eigenvalue weighted by atomic mass is 10.1. The van der Waals surface area contributed by atoms with Crippen molar-refractivity contribution in [1.29, 1.82) is 0 Å². The summed E-state index contributed by atoms with van der Waals surface area (Å²) in [4.78, 5) is 23.3. The van der Waals surface area contributed by atoms with Gasteiger partial charge < -0.3 is 4.74 Å². The fourth-order valence-corrected chi connectivity index (χ4v) is 3.70. The Balaban J connectivity index is 2.53. The second-order valence-electron chi connectivity index (χ2n) is 4.84. The van der Waals surface area contributed by atoms with Gasteiger partial charge in [0.25, 0.3) is 10.0 Å². The van der Waals surface area contributed by atoms with E-state index >= 15 is 0 Å². The quantitative estimate of drug-likeness (QED) is 0.602. The molecule has 0 atom stereocenters. The summed E-state index contributed by atoms with van der Waals surface area (Å²) in [5.41, 5.74) is 0.265. The van der Waals surface area contributed by atoms with Gasteiger partial charge in [-0.1, -0.05) is 28.1 Å². The summed E-state index contributed by atoms with van der Waals surface area (Å²) in [6.45, 7) is 1.34. The summed E-state index contributed by atoms with van der Waals surface area (Å²) >= 11 is 3.19. The molecule has 2 aromatic rings. The lowest BCUT2D eigenvalue weighted by molar-refractivity contribution is 0.0596. The largest absolute Gasteiger partial charge is 0.465 e. The van der Waals surface area contributed by atoms with Crippen LogP contribution in [-0.2, 0) is 14.8 Å². The number of para-hydroxylation sites is 1. The van der Waals surface area contributed by atoms with Crippen molar-refractivity contribution in [2.45, 2.75) is 11.8 Å². The molecule has 8 heteroatoms. The van der Waals surface area contributed by atoms with Crippen LogP contribution < -0.4 is 4.72 Å². The first-order chi connectivity index (χ1) is 11.3. The fourth-order valence-electron chi connectivity index (χ4n) is 2.08. The van der Waals surface area contributed by atoms with Crippen molar-refractivity contribution < 1.29 is 22.7 Å². The highest BCUT2D eigenvalue weighted by atomic mass is 79.9. The average molecular weight is 412 g/mol. The molecule has 0 amide bonds. The zero-order valence-electron chi connectivity index (χ0n) is 12.9. The van der Waals surface area contributed by atoms with Crippen LogP contribution in [0.3, 0.4) is 0 Å². The number of benzene rings is 2. The number of sulfonamides is 1. The van der Waals surface area contributed by atoms with E-state index in [2.05, 4.69) is 25.4 Å². The number of carbonyl (C=O) groups is 2. The van der Waals surface area contributed by atoms with E-state index in [1.165, 1.54) is 37.3 Å². The molecule has 24 heavy (non-hydrogen) atoms. The number of methoxy groups -OCH3 is 1. The Morgan fingerprint density at radius 3 is 2.38 bits per heavy atom. The molecule has 0 saturated heterocycles. The number of anilines is 1. The second kappa shape index (κ2) is 7.14. The van der Waals surface area contributed by atoms with Crippen LogP contribution in [0.4, 0.5) is 5.69 Å². The van der Waals surface area contributed by atoms with E-state index in [-0.39, 0.29) is 27.5 Å². The van der Waals surface area contributed by atoms with E-state index in [1.54, 1.807) is 12.1 Å². The summed E-state index contributed by atoms with van der Waals surface area (Å²) in [7, 11) is -2.93. The van der Waals surface area contributed by atoms with Gasteiger partial charge in [0.2, 0.25) is 0 Å². The van der Waals surface area contributed by atoms with Crippen molar-refractivity contribution in [1.82, 2.24) is 0 Å². The monoisotopic (exact) mass is 411 g/mol. The molecule has 0 saturated carbocycles. The smallest absolute Gasteiger partial charge is 0.339 e. The van der Waals surface area contributed by atoms with Crippen molar-refractivity contribution in [3.05, 3.63) is 58.1 Å². The molecular formula is C16H14BrNO5S. The first kappa shape index (κ1) is 18.2. The van der Waals surface area contributed by atoms with E-state index in [0.29, 0.717) is 4.47 Å². The average Bonchev–Trinajstić information content (AvgIpc) is 2.53. The van der Waals surface area contributed by atoms with Gasteiger partial charge in [-0.2, -0.15) is 0 Å². The Morgan fingerprint density at radius 2 is 1.75 bits per heavy atom.